The molecule has 3 N–H and O–H groups in total. The van der Waals surface area contributed by atoms with Crippen molar-refractivity contribution in [3.63, 3.8) is 0 Å². The number of nitrogens with zero attached hydrogens (tertiary/aromatic N) is 2. The van der Waals surface area contributed by atoms with Crippen LogP contribution in [0.1, 0.15) is 25.7 Å². The molecule has 156 valence electrons. The summed E-state index contributed by atoms with van der Waals surface area (Å²) in [5, 5.41) is 5.32. The summed E-state index contributed by atoms with van der Waals surface area (Å²) in [5.41, 5.74) is 2.25. The van der Waals surface area contributed by atoms with Gasteiger partial charge in [0.15, 0.2) is 6.61 Å². The molecule has 3 amide bonds. The highest BCUT2D eigenvalue weighted by Crippen LogP contribution is 2.30. The second kappa shape index (κ2) is 8.87. The number of nitrogens with one attached hydrogen (secondary N) is 3. The number of hydrogen-bond donors (Lipinski definition) is 3. The second-order valence-corrected chi connectivity index (χ2v) is 7.20. The molecule has 2 fully saturated rings. The molecule has 0 spiro atoms. The van der Waals surface area contributed by atoms with E-state index < -0.39 is 5.91 Å². The molecule has 2 aliphatic carbocycles. The van der Waals surface area contributed by atoms with E-state index in [-0.39, 0.29) is 30.3 Å². The molecule has 2 heterocycles. The Labute approximate surface area is 172 Å². The molecular weight excluding hydrogens is 390 g/mol. The Morgan fingerprint density at radius 3 is 2.37 bits per heavy atom. The maximum absolute atomic E-state index is 11.8. The summed E-state index contributed by atoms with van der Waals surface area (Å²) < 4.78 is 5.72. The van der Waals surface area contributed by atoms with Gasteiger partial charge in [0.25, 0.3) is 5.91 Å². The lowest BCUT2D eigenvalue weighted by Gasteiger charge is -2.09. The van der Waals surface area contributed by atoms with Gasteiger partial charge < -0.3 is 15.4 Å². The number of pyridine rings is 2. The number of carbonyl (C=O) groups is 3. The van der Waals surface area contributed by atoms with E-state index in [0.717, 1.165) is 25.7 Å². The minimum Gasteiger partial charge on any atom is -0.456 e. The molecule has 4 rings (SSSR count). The summed E-state index contributed by atoms with van der Waals surface area (Å²) >= 11 is 0. The molecule has 10 heteroatoms. The van der Waals surface area contributed by atoms with E-state index in [0.29, 0.717) is 23.1 Å². The molecule has 0 atom stereocenters. The highest BCUT2D eigenvalue weighted by Gasteiger charge is 2.30. The topological polar surface area (TPSA) is 132 Å². The van der Waals surface area contributed by atoms with Gasteiger partial charge in [-0.1, -0.05) is 0 Å². The zero-order valence-electron chi connectivity index (χ0n) is 16.1. The van der Waals surface area contributed by atoms with Gasteiger partial charge in [0.1, 0.15) is 23.1 Å². The van der Waals surface area contributed by atoms with Gasteiger partial charge in [-0.05, 0) is 43.9 Å². The largest absolute Gasteiger partial charge is 0.456 e. The fourth-order valence-corrected chi connectivity index (χ4v) is 2.55. The number of hydrogen-bond acceptors (Lipinski definition) is 7. The molecule has 2 aromatic heterocycles. The number of ether oxygens (including phenoxy) is 1. The number of aromatic nitrogens is 2. The zero-order valence-corrected chi connectivity index (χ0v) is 16.1. The van der Waals surface area contributed by atoms with Crippen molar-refractivity contribution in [2.45, 2.75) is 25.7 Å². The third-order valence-corrected chi connectivity index (χ3v) is 4.49. The maximum Gasteiger partial charge on any atom is 0.254 e. The lowest BCUT2D eigenvalue weighted by molar-refractivity contribution is -0.138. The molecule has 0 aromatic carbocycles. The molecule has 0 unspecified atom stereocenters. The Morgan fingerprint density at radius 2 is 1.67 bits per heavy atom. The van der Waals surface area contributed by atoms with Crippen molar-refractivity contribution in [1.82, 2.24) is 15.4 Å². The van der Waals surface area contributed by atoms with Gasteiger partial charge in [0, 0.05) is 24.1 Å². The molecule has 10 nitrogen and oxygen atoms in total. The number of anilines is 2. The average molecular weight is 411 g/mol. The predicted molar refractivity (Wildman–Crippen MR) is 105 cm³/mol. The van der Waals surface area contributed by atoms with Crippen molar-refractivity contribution < 1.29 is 24.0 Å². The van der Waals surface area contributed by atoms with Crippen LogP contribution >= 0.6 is 0 Å². The van der Waals surface area contributed by atoms with Crippen LogP contribution in [0.4, 0.5) is 11.6 Å². The summed E-state index contributed by atoms with van der Waals surface area (Å²) in [5.74, 6) is 1.10. The SMILES string of the molecule is O=C(CONC(=O)C1CC1)Nc1ccc(Oc2ccnc(NC(=O)C3CC3)c2)cn1. The van der Waals surface area contributed by atoms with Gasteiger partial charge in [0.2, 0.25) is 11.8 Å². The van der Waals surface area contributed by atoms with E-state index in [1.807, 2.05) is 0 Å². The van der Waals surface area contributed by atoms with Crippen molar-refractivity contribution in [1.29, 1.82) is 0 Å². The lowest BCUT2D eigenvalue weighted by Crippen LogP contribution is -2.30. The first kappa shape index (κ1) is 19.8. The van der Waals surface area contributed by atoms with E-state index >= 15 is 0 Å². The Kier molecular flexibility index (Phi) is 5.84. The van der Waals surface area contributed by atoms with E-state index in [2.05, 4.69) is 26.1 Å². The van der Waals surface area contributed by atoms with Crippen LogP contribution in [-0.2, 0) is 19.2 Å². The predicted octanol–water partition coefficient (Wildman–Crippen LogP) is 2.01. The van der Waals surface area contributed by atoms with Crippen LogP contribution in [0, 0.1) is 11.8 Å². The van der Waals surface area contributed by atoms with Crippen LogP contribution in [0.3, 0.4) is 0 Å². The maximum atomic E-state index is 11.8. The summed E-state index contributed by atoms with van der Waals surface area (Å²) in [6.07, 6.45) is 6.54. The normalized spacial score (nSPS) is 15.2. The number of hydroxylamine groups is 1. The van der Waals surface area contributed by atoms with E-state index in [4.69, 9.17) is 9.57 Å². The van der Waals surface area contributed by atoms with Crippen LogP contribution in [0.15, 0.2) is 36.7 Å². The van der Waals surface area contributed by atoms with Crippen molar-refractivity contribution in [2.75, 3.05) is 17.2 Å². The van der Waals surface area contributed by atoms with Crippen LogP contribution in [0.5, 0.6) is 11.5 Å². The molecule has 0 bridgehead atoms. The molecular formula is C20H21N5O5. The van der Waals surface area contributed by atoms with E-state index in [1.165, 1.54) is 6.20 Å². The molecule has 0 saturated heterocycles. The molecule has 2 aromatic rings. The highest BCUT2D eigenvalue weighted by molar-refractivity contribution is 5.93. The minimum atomic E-state index is -0.447. The third-order valence-electron chi connectivity index (χ3n) is 4.49. The first-order valence-electron chi connectivity index (χ1n) is 9.69. The molecule has 2 saturated carbocycles. The second-order valence-electron chi connectivity index (χ2n) is 7.20. The van der Waals surface area contributed by atoms with Crippen LogP contribution in [0.2, 0.25) is 0 Å². The van der Waals surface area contributed by atoms with Crippen LogP contribution in [0.25, 0.3) is 0 Å². The Hall–Kier alpha value is -3.53. The Balaban J connectivity index is 1.24. The monoisotopic (exact) mass is 411 g/mol. The van der Waals surface area contributed by atoms with Crippen LogP contribution in [-0.4, -0.2) is 34.3 Å². The van der Waals surface area contributed by atoms with Gasteiger partial charge >= 0.3 is 0 Å². The summed E-state index contributed by atoms with van der Waals surface area (Å²) in [4.78, 5) is 48.2. The van der Waals surface area contributed by atoms with E-state index in [9.17, 15) is 14.4 Å². The highest BCUT2D eigenvalue weighted by atomic mass is 16.7. The Bertz CT molecular complexity index is 941. The summed E-state index contributed by atoms with van der Waals surface area (Å²) in [6.45, 7) is -0.315. The summed E-state index contributed by atoms with van der Waals surface area (Å²) in [6, 6.07) is 6.51. The minimum absolute atomic E-state index is 0.00761. The first-order chi connectivity index (χ1) is 14.6. The number of rotatable bonds is 9. The smallest absolute Gasteiger partial charge is 0.254 e. The molecule has 30 heavy (non-hydrogen) atoms. The number of carbonyl (C=O) groups excluding carboxylic acids is 3. The van der Waals surface area contributed by atoms with Gasteiger partial charge in [-0.2, -0.15) is 0 Å². The van der Waals surface area contributed by atoms with Crippen molar-refractivity contribution >= 4 is 29.4 Å². The van der Waals surface area contributed by atoms with Gasteiger partial charge in [-0.3, -0.25) is 19.2 Å². The van der Waals surface area contributed by atoms with Crippen molar-refractivity contribution in [3.05, 3.63) is 36.7 Å². The zero-order chi connectivity index (χ0) is 20.9. The fraction of sp³-hybridized carbons (Fsp3) is 0.350. The average Bonchev–Trinajstić information content (AvgIpc) is 3.63. The summed E-state index contributed by atoms with van der Waals surface area (Å²) in [7, 11) is 0. The third kappa shape index (κ3) is 5.74. The molecule has 0 radical (unpaired) electrons. The standard InChI is InChI=1S/C20H21N5O5/c26-18(11-29-25-20(28)13-3-4-13)23-16-6-5-15(10-22-16)30-14-7-8-21-17(9-14)24-19(27)12-1-2-12/h5-10,12-13H,1-4,11H2,(H,25,28)(H,21,24,27)(H,22,23,26). The van der Waals surface area contributed by atoms with Crippen LogP contribution < -0.4 is 20.9 Å². The van der Waals surface area contributed by atoms with E-state index in [1.54, 1.807) is 30.5 Å². The van der Waals surface area contributed by atoms with Gasteiger partial charge in [0.05, 0.1) is 6.20 Å². The first-order valence-corrected chi connectivity index (χ1v) is 9.69. The Morgan fingerprint density at radius 1 is 0.900 bits per heavy atom. The van der Waals surface area contributed by atoms with Gasteiger partial charge in [-0.25, -0.2) is 15.4 Å². The molecule has 0 aliphatic heterocycles. The van der Waals surface area contributed by atoms with Crippen molar-refractivity contribution in [3.8, 4) is 11.5 Å². The quantitative estimate of drug-likeness (QED) is 0.538. The fourth-order valence-electron chi connectivity index (χ4n) is 2.55. The lowest BCUT2D eigenvalue weighted by atomic mass is 10.3. The molecule has 2 aliphatic rings. The van der Waals surface area contributed by atoms with Gasteiger partial charge in [-0.15, -0.1) is 0 Å². The number of amides is 3. The van der Waals surface area contributed by atoms with Crippen molar-refractivity contribution in [2.24, 2.45) is 11.8 Å².